The summed E-state index contributed by atoms with van der Waals surface area (Å²) >= 11 is 0. The summed E-state index contributed by atoms with van der Waals surface area (Å²) in [6.45, 7) is 8.62. The molecule has 1 N–H and O–H groups in total. The van der Waals surface area contributed by atoms with Gasteiger partial charge in [0, 0.05) is 50.0 Å². The van der Waals surface area contributed by atoms with Gasteiger partial charge in [-0.1, -0.05) is 23.8 Å². The van der Waals surface area contributed by atoms with Gasteiger partial charge in [-0.2, -0.15) is 13.2 Å². The largest absolute Gasteiger partial charge is 0.418 e. The highest BCUT2D eigenvalue weighted by molar-refractivity contribution is 5.81. The van der Waals surface area contributed by atoms with Gasteiger partial charge in [-0.15, -0.1) is 11.5 Å². The van der Waals surface area contributed by atoms with Crippen LogP contribution in [-0.2, 0) is 15.7 Å². The van der Waals surface area contributed by atoms with E-state index in [1.165, 1.54) is 11.6 Å². The molecule has 4 rings (SSSR count). The molecule has 2 aromatic rings. The summed E-state index contributed by atoms with van der Waals surface area (Å²) < 4.78 is 46.0. The summed E-state index contributed by atoms with van der Waals surface area (Å²) in [5, 5.41) is 5.63. The Morgan fingerprint density at radius 1 is 1.10 bits per heavy atom. The molecule has 1 unspecified atom stereocenters. The van der Waals surface area contributed by atoms with Gasteiger partial charge in [-0.3, -0.25) is 4.79 Å². The summed E-state index contributed by atoms with van der Waals surface area (Å²) in [5.41, 5.74) is 0.986. The molecule has 0 aromatic heterocycles. The molecule has 1 heterocycles. The second-order valence-corrected chi connectivity index (χ2v) is 10.2. The Balaban J connectivity index is 1.28. The van der Waals surface area contributed by atoms with Crippen LogP contribution in [0.5, 0.6) is 0 Å². The second kappa shape index (κ2) is 12.6. The first-order chi connectivity index (χ1) is 18.7. The zero-order chi connectivity index (χ0) is 28.0. The quantitative estimate of drug-likeness (QED) is 0.290. The number of anilines is 2. The molecule has 0 spiro atoms. The predicted molar refractivity (Wildman–Crippen MR) is 146 cm³/mol. The van der Waals surface area contributed by atoms with Crippen LogP contribution in [0.1, 0.15) is 43.2 Å². The Kier molecular flexibility index (Phi) is 9.27. The molecular formula is C29H35F3N4O3. The first-order valence-corrected chi connectivity index (χ1v) is 13.4. The Morgan fingerprint density at radius 3 is 2.36 bits per heavy atom. The van der Waals surface area contributed by atoms with Crippen LogP contribution in [-0.4, -0.2) is 55.2 Å². The highest BCUT2D eigenvalue weighted by Crippen LogP contribution is 2.38. The van der Waals surface area contributed by atoms with Crippen LogP contribution in [0.2, 0.25) is 0 Å². The van der Waals surface area contributed by atoms with Gasteiger partial charge in [0.2, 0.25) is 0 Å². The maximum Gasteiger partial charge on any atom is 0.418 e. The molecule has 1 aliphatic heterocycles. The minimum atomic E-state index is -4.66. The second-order valence-electron chi connectivity index (χ2n) is 10.2. The lowest BCUT2D eigenvalue weighted by molar-refractivity contribution is -0.149. The highest BCUT2D eigenvalue weighted by Gasteiger charge is 2.35. The first kappa shape index (κ1) is 28.6. The van der Waals surface area contributed by atoms with Gasteiger partial charge in [0.1, 0.15) is 11.8 Å². The molecule has 1 atom stereocenters. The van der Waals surface area contributed by atoms with E-state index in [9.17, 15) is 22.9 Å². The number of hydrogen-bond acceptors (Lipinski definition) is 6. The summed E-state index contributed by atoms with van der Waals surface area (Å²) in [6.07, 6.45) is -0.514. The zero-order valence-electron chi connectivity index (χ0n) is 22.1. The van der Waals surface area contributed by atoms with E-state index < -0.39 is 23.5 Å². The van der Waals surface area contributed by atoms with Crippen molar-refractivity contribution in [3.8, 4) is 0 Å². The van der Waals surface area contributed by atoms with Crippen molar-refractivity contribution in [2.75, 3.05) is 36.4 Å². The van der Waals surface area contributed by atoms with Crippen LogP contribution in [0, 0.1) is 11.8 Å². The van der Waals surface area contributed by atoms with Gasteiger partial charge in [0.25, 0.3) is 5.91 Å². The minimum absolute atomic E-state index is 0.0257. The molecule has 0 bridgehead atoms. The number of amides is 1. The average Bonchev–Trinajstić information content (AvgIpc) is 2.93. The third-order valence-corrected chi connectivity index (χ3v) is 7.45. The number of alkyl halides is 3. The van der Waals surface area contributed by atoms with Crippen molar-refractivity contribution in [3.63, 3.8) is 0 Å². The normalized spacial score (nSPS) is 20.8. The lowest BCUT2D eigenvalue weighted by Crippen LogP contribution is -2.52. The molecule has 2 aliphatic rings. The number of nitrogens with zero attached hydrogens (tertiary/aromatic N) is 3. The Morgan fingerprint density at radius 2 is 1.77 bits per heavy atom. The van der Waals surface area contributed by atoms with Gasteiger partial charge < -0.3 is 19.9 Å². The minimum Gasteiger partial charge on any atom is -0.382 e. The van der Waals surface area contributed by atoms with Crippen LogP contribution in [0.4, 0.5) is 30.2 Å². The predicted octanol–water partition coefficient (Wildman–Crippen LogP) is 6.44. The molecule has 1 saturated carbocycles. The number of rotatable bonds is 9. The molecule has 210 valence electrons. The third-order valence-electron chi connectivity index (χ3n) is 7.45. The fraction of sp³-hybridized carbons (Fsp3) is 0.483. The monoisotopic (exact) mass is 544 g/mol. The van der Waals surface area contributed by atoms with E-state index in [4.69, 9.17) is 4.74 Å². The fourth-order valence-corrected chi connectivity index (χ4v) is 5.25. The van der Waals surface area contributed by atoms with Gasteiger partial charge in [0.15, 0.2) is 0 Å². The molecule has 7 nitrogen and oxygen atoms in total. The SMILES string of the molecule is C=CCC(OC1CCC(Nc2ccc(N=O)c(C(F)(F)F)c2)CC1)C(=O)N1CCN(c2ccc(C)cc2)CC1. The van der Waals surface area contributed by atoms with E-state index in [0.29, 0.717) is 50.9 Å². The van der Waals surface area contributed by atoms with Gasteiger partial charge in [-0.05, 0) is 68.1 Å². The van der Waals surface area contributed by atoms with Crippen molar-refractivity contribution in [1.82, 2.24) is 4.90 Å². The van der Waals surface area contributed by atoms with E-state index in [0.717, 1.165) is 30.9 Å². The van der Waals surface area contributed by atoms with Crippen molar-refractivity contribution < 1.29 is 22.7 Å². The number of benzene rings is 2. The van der Waals surface area contributed by atoms with Gasteiger partial charge in [0.05, 0.1) is 11.7 Å². The zero-order valence-corrected chi connectivity index (χ0v) is 22.1. The molecule has 0 radical (unpaired) electrons. The third kappa shape index (κ3) is 7.38. The van der Waals surface area contributed by atoms with Crippen molar-refractivity contribution >= 4 is 23.0 Å². The van der Waals surface area contributed by atoms with Crippen molar-refractivity contribution in [3.05, 3.63) is 71.2 Å². The van der Waals surface area contributed by atoms with Crippen molar-refractivity contribution in [2.45, 2.75) is 63.5 Å². The summed E-state index contributed by atoms with van der Waals surface area (Å²) in [6, 6.07) is 11.8. The number of carbonyl (C=O) groups is 1. The molecule has 1 saturated heterocycles. The van der Waals surface area contributed by atoms with Crippen molar-refractivity contribution in [1.29, 1.82) is 0 Å². The van der Waals surface area contributed by atoms with Crippen LogP contribution < -0.4 is 10.2 Å². The summed E-state index contributed by atoms with van der Waals surface area (Å²) in [7, 11) is 0. The number of nitroso groups, excluding NO2 is 1. The number of ether oxygens (including phenoxy) is 1. The Bertz CT molecular complexity index is 1140. The summed E-state index contributed by atoms with van der Waals surface area (Å²) in [4.78, 5) is 28.2. The van der Waals surface area contributed by atoms with E-state index >= 15 is 0 Å². The number of carbonyl (C=O) groups excluding carboxylic acids is 1. The lowest BCUT2D eigenvalue weighted by atomic mass is 9.92. The Labute approximate surface area is 227 Å². The van der Waals surface area contributed by atoms with Crippen LogP contribution in [0.25, 0.3) is 0 Å². The maximum absolute atomic E-state index is 13.3. The molecule has 39 heavy (non-hydrogen) atoms. The number of aryl methyl sites for hydroxylation is 1. The number of hydrogen-bond donors (Lipinski definition) is 1. The van der Waals surface area contributed by atoms with Crippen LogP contribution in [0.3, 0.4) is 0 Å². The Hall–Kier alpha value is -3.40. The fourth-order valence-electron chi connectivity index (χ4n) is 5.25. The molecule has 10 heteroatoms. The number of nitrogens with one attached hydrogen (secondary N) is 1. The lowest BCUT2D eigenvalue weighted by Gasteiger charge is -2.38. The number of halogens is 3. The van der Waals surface area contributed by atoms with E-state index in [1.54, 1.807) is 6.08 Å². The highest BCUT2D eigenvalue weighted by atomic mass is 19.4. The van der Waals surface area contributed by atoms with E-state index in [1.807, 2.05) is 4.90 Å². The summed E-state index contributed by atoms with van der Waals surface area (Å²) in [5.74, 6) is -0.0257. The van der Waals surface area contributed by atoms with Gasteiger partial charge in [-0.25, -0.2) is 0 Å². The first-order valence-electron chi connectivity index (χ1n) is 13.4. The number of piperazine rings is 1. The molecule has 2 fully saturated rings. The smallest absolute Gasteiger partial charge is 0.382 e. The van der Waals surface area contributed by atoms with E-state index in [2.05, 4.69) is 53.2 Å². The maximum atomic E-state index is 13.3. The molecule has 1 amide bonds. The average molecular weight is 545 g/mol. The van der Waals surface area contributed by atoms with E-state index in [-0.39, 0.29) is 18.1 Å². The topological polar surface area (TPSA) is 74.2 Å². The van der Waals surface area contributed by atoms with Gasteiger partial charge >= 0.3 is 6.18 Å². The van der Waals surface area contributed by atoms with Crippen molar-refractivity contribution in [2.24, 2.45) is 5.18 Å². The van der Waals surface area contributed by atoms with Crippen LogP contribution >= 0.6 is 0 Å². The molecular weight excluding hydrogens is 509 g/mol. The van der Waals surface area contributed by atoms with Crippen LogP contribution in [0.15, 0.2) is 60.3 Å². The molecule has 2 aromatic carbocycles. The standard InChI is InChI=1S/C29H35F3N4O3/c1-3-4-27(28(37)36-17-15-35(16-18-36)23-10-5-20(2)6-11-23)39-24-12-7-21(8-13-24)33-22-9-14-26(34-38)25(19-22)29(30,31)32/h3,5-6,9-11,14,19,21,24,27,33H,1,4,7-8,12-13,15-18H2,2H3. The molecule has 1 aliphatic carbocycles.